The molecule has 25 heavy (non-hydrogen) atoms. The molecule has 2 atom stereocenters. The molecule has 0 saturated heterocycles. The molecule has 1 aromatic carbocycles. The average Bonchev–Trinajstić information content (AvgIpc) is 2.53. The van der Waals surface area contributed by atoms with Gasteiger partial charge >= 0.3 is 17.6 Å². The Balaban J connectivity index is 3.59. The van der Waals surface area contributed by atoms with Crippen LogP contribution in [0.3, 0.4) is 0 Å². The van der Waals surface area contributed by atoms with E-state index in [0.717, 1.165) is 6.92 Å². The van der Waals surface area contributed by atoms with Crippen LogP contribution in [-0.2, 0) is 14.3 Å². The van der Waals surface area contributed by atoms with Crippen molar-refractivity contribution in [3.63, 3.8) is 0 Å². The molecule has 1 aromatic rings. The molecule has 0 bridgehead atoms. The van der Waals surface area contributed by atoms with Crippen molar-refractivity contribution in [3.8, 4) is 5.75 Å². The van der Waals surface area contributed by atoms with Crippen LogP contribution in [0.4, 0.5) is 0 Å². The normalized spacial score (nSPS) is 12.6. The second-order valence-corrected chi connectivity index (χ2v) is 5.06. The third kappa shape index (κ3) is 4.69. The number of hydrogen-bond acceptors (Lipinski definition) is 8. The molecule has 2 N–H and O–H groups in total. The molecular formula is C16H19NO8. The highest BCUT2D eigenvalue weighted by atomic mass is 16.6. The lowest BCUT2D eigenvalue weighted by Gasteiger charge is -2.22. The summed E-state index contributed by atoms with van der Waals surface area (Å²) in [6.45, 7) is 2.55. The number of benzene rings is 1. The summed E-state index contributed by atoms with van der Waals surface area (Å²) in [5, 5.41) is 30.1. The fourth-order valence-corrected chi connectivity index (χ4v) is 2.42. The van der Waals surface area contributed by atoms with Gasteiger partial charge in [-0.2, -0.15) is 0 Å². The summed E-state index contributed by atoms with van der Waals surface area (Å²) in [7, 11) is 1.42. The molecule has 0 saturated carbocycles. The Morgan fingerprint density at radius 1 is 1.24 bits per heavy atom. The van der Waals surface area contributed by atoms with Crippen molar-refractivity contribution in [3.05, 3.63) is 51.6 Å². The Kier molecular flexibility index (Phi) is 6.92. The van der Waals surface area contributed by atoms with E-state index in [2.05, 4.69) is 0 Å². The number of carbonyl (C=O) groups excluding carboxylic acids is 2. The summed E-state index contributed by atoms with van der Waals surface area (Å²) in [6.07, 6.45) is 0. The number of ketones is 1. The van der Waals surface area contributed by atoms with Crippen LogP contribution in [0.5, 0.6) is 5.75 Å². The number of aliphatic hydroxyl groups excluding tert-OH is 1. The number of nitrogens with zero attached hydrogens (tertiary/aromatic N) is 1. The largest absolute Gasteiger partial charge is 0.497 e. The Morgan fingerprint density at radius 2 is 1.80 bits per heavy atom. The van der Waals surface area contributed by atoms with Crippen LogP contribution in [0.2, 0.25) is 0 Å². The summed E-state index contributed by atoms with van der Waals surface area (Å²) in [5.74, 6) is -5.99. The molecule has 136 valence electrons. The van der Waals surface area contributed by atoms with Crippen molar-refractivity contribution >= 4 is 11.8 Å². The quantitative estimate of drug-likeness (QED) is 0.238. The second-order valence-electron chi connectivity index (χ2n) is 5.06. The van der Waals surface area contributed by atoms with Crippen LogP contribution >= 0.6 is 0 Å². The number of rotatable bonds is 8. The standard InChI is InChI=1S/C16H19NO8/c1-4-25-16(21)12(9(2)18)13(14(15(19)20)17(22)23)10-5-7-11(24-3)8-6-10/h5-8,12-13,19-20H,4H2,1-3H3. The summed E-state index contributed by atoms with van der Waals surface area (Å²) in [6, 6.07) is 5.73. The number of allylic oxidation sites excluding steroid dienone is 1. The Bertz CT molecular complexity index is 676. The molecule has 0 aromatic heterocycles. The first-order valence-corrected chi connectivity index (χ1v) is 7.32. The minimum Gasteiger partial charge on any atom is -0.497 e. The van der Waals surface area contributed by atoms with Gasteiger partial charge in [0.05, 0.1) is 18.6 Å². The first-order valence-electron chi connectivity index (χ1n) is 7.32. The topological polar surface area (TPSA) is 136 Å². The summed E-state index contributed by atoms with van der Waals surface area (Å²) >= 11 is 0. The predicted molar refractivity (Wildman–Crippen MR) is 85.8 cm³/mol. The summed E-state index contributed by atoms with van der Waals surface area (Å²) in [4.78, 5) is 34.5. The zero-order valence-electron chi connectivity index (χ0n) is 14.0. The molecular weight excluding hydrogens is 334 g/mol. The van der Waals surface area contributed by atoms with Gasteiger partial charge in [0.25, 0.3) is 0 Å². The molecule has 0 aliphatic rings. The van der Waals surface area contributed by atoms with Crippen LogP contribution in [-0.4, -0.2) is 40.6 Å². The molecule has 0 heterocycles. The highest BCUT2D eigenvalue weighted by Crippen LogP contribution is 2.36. The van der Waals surface area contributed by atoms with Gasteiger partial charge in [0.15, 0.2) is 0 Å². The fraction of sp³-hybridized carbons (Fsp3) is 0.375. The van der Waals surface area contributed by atoms with Crippen LogP contribution in [0.1, 0.15) is 25.3 Å². The van der Waals surface area contributed by atoms with E-state index in [1.54, 1.807) is 0 Å². The molecule has 9 heteroatoms. The summed E-state index contributed by atoms with van der Waals surface area (Å²) < 4.78 is 9.82. The van der Waals surface area contributed by atoms with Gasteiger partial charge < -0.3 is 19.7 Å². The van der Waals surface area contributed by atoms with E-state index in [-0.39, 0.29) is 12.2 Å². The van der Waals surface area contributed by atoms with E-state index in [4.69, 9.17) is 9.47 Å². The van der Waals surface area contributed by atoms with Gasteiger partial charge in [0.2, 0.25) is 0 Å². The van der Waals surface area contributed by atoms with Crippen molar-refractivity contribution in [2.45, 2.75) is 19.8 Å². The number of carbonyl (C=O) groups is 2. The van der Waals surface area contributed by atoms with E-state index in [0.29, 0.717) is 5.75 Å². The SMILES string of the molecule is CCOC(=O)C(C(C)=O)C(C(=C(O)O)[N+](=O)[O-])c1ccc(OC)cc1. The van der Waals surface area contributed by atoms with E-state index in [1.807, 2.05) is 0 Å². The highest BCUT2D eigenvalue weighted by Gasteiger charge is 2.45. The van der Waals surface area contributed by atoms with Gasteiger partial charge in [-0.25, -0.2) is 0 Å². The molecule has 0 fully saturated rings. The number of aliphatic hydroxyl groups is 2. The van der Waals surface area contributed by atoms with Gasteiger partial charge in [-0.1, -0.05) is 12.1 Å². The van der Waals surface area contributed by atoms with E-state index < -0.39 is 40.2 Å². The maximum absolute atomic E-state index is 12.2. The smallest absolute Gasteiger partial charge is 0.351 e. The van der Waals surface area contributed by atoms with Gasteiger partial charge in [-0.15, -0.1) is 0 Å². The lowest BCUT2D eigenvalue weighted by molar-refractivity contribution is -0.436. The zero-order chi connectivity index (χ0) is 19.1. The predicted octanol–water partition coefficient (Wildman–Crippen LogP) is 2.11. The Hall–Kier alpha value is -3.10. The Labute approximate surface area is 143 Å². The van der Waals surface area contributed by atoms with Crippen LogP contribution in [0.25, 0.3) is 0 Å². The van der Waals surface area contributed by atoms with E-state index in [9.17, 15) is 29.9 Å². The van der Waals surface area contributed by atoms with Crippen molar-refractivity contribution < 1.29 is 34.2 Å². The minimum atomic E-state index is -1.61. The van der Waals surface area contributed by atoms with E-state index >= 15 is 0 Å². The van der Waals surface area contributed by atoms with Gasteiger partial charge in [-0.3, -0.25) is 19.7 Å². The molecule has 1 rings (SSSR count). The van der Waals surface area contributed by atoms with Crippen LogP contribution in [0, 0.1) is 16.0 Å². The molecule has 0 radical (unpaired) electrons. The van der Waals surface area contributed by atoms with Crippen LogP contribution < -0.4 is 4.74 Å². The number of ether oxygens (including phenoxy) is 2. The molecule has 0 aliphatic heterocycles. The van der Waals surface area contributed by atoms with Crippen molar-refractivity contribution in [2.24, 2.45) is 5.92 Å². The summed E-state index contributed by atoms with van der Waals surface area (Å²) in [5.41, 5.74) is -0.917. The number of hydrogen-bond donors (Lipinski definition) is 2. The first kappa shape index (κ1) is 19.9. The zero-order valence-corrected chi connectivity index (χ0v) is 14.0. The first-order chi connectivity index (χ1) is 11.7. The highest BCUT2D eigenvalue weighted by molar-refractivity contribution is 5.99. The number of methoxy groups -OCH3 is 1. The van der Waals surface area contributed by atoms with Gasteiger partial charge in [-0.05, 0) is 31.5 Å². The monoisotopic (exact) mass is 353 g/mol. The fourth-order valence-electron chi connectivity index (χ4n) is 2.42. The molecule has 0 spiro atoms. The molecule has 0 amide bonds. The van der Waals surface area contributed by atoms with Crippen LogP contribution in [0.15, 0.2) is 35.9 Å². The van der Waals surface area contributed by atoms with Gasteiger partial charge in [0.1, 0.15) is 23.4 Å². The third-order valence-corrected chi connectivity index (χ3v) is 3.51. The number of nitro groups is 1. The van der Waals surface area contributed by atoms with Crippen molar-refractivity contribution in [1.29, 1.82) is 0 Å². The second kappa shape index (κ2) is 8.67. The molecule has 9 nitrogen and oxygen atoms in total. The third-order valence-electron chi connectivity index (χ3n) is 3.51. The molecule has 0 aliphatic carbocycles. The average molecular weight is 353 g/mol. The number of Topliss-reactive ketones (excluding diaryl/α,β-unsaturated/α-hetero) is 1. The molecule has 2 unspecified atom stereocenters. The number of esters is 1. The van der Waals surface area contributed by atoms with E-state index in [1.165, 1.54) is 38.3 Å². The maximum Gasteiger partial charge on any atom is 0.351 e. The Morgan fingerprint density at radius 3 is 2.16 bits per heavy atom. The van der Waals surface area contributed by atoms with Gasteiger partial charge in [0, 0.05) is 0 Å². The lowest BCUT2D eigenvalue weighted by atomic mass is 9.81. The van der Waals surface area contributed by atoms with Crippen molar-refractivity contribution in [2.75, 3.05) is 13.7 Å². The van der Waals surface area contributed by atoms with Crippen molar-refractivity contribution in [1.82, 2.24) is 0 Å². The lowest BCUT2D eigenvalue weighted by Crippen LogP contribution is -2.33. The maximum atomic E-state index is 12.2. The minimum absolute atomic E-state index is 0.0411.